The number of unbranched alkanes of at least 4 members (excludes halogenated alkanes) is 5. The molecule has 210 valence electrons. The Morgan fingerprint density at radius 2 is 1.11 bits per heavy atom. The summed E-state index contributed by atoms with van der Waals surface area (Å²) in [5, 5.41) is 0. The first-order valence-corrected chi connectivity index (χ1v) is 14.5. The fourth-order valence-corrected chi connectivity index (χ4v) is 6.60. The van der Waals surface area contributed by atoms with Crippen LogP contribution in [0.15, 0.2) is 4.99 Å². The first kappa shape index (κ1) is 31.1. The first-order valence-electron chi connectivity index (χ1n) is 14.5. The summed E-state index contributed by atoms with van der Waals surface area (Å²) in [6, 6.07) is 0.317. The number of carbonyl (C=O) groups is 1. The Labute approximate surface area is 222 Å². The Balaban J connectivity index is 1.58. The van der Waals surface area contributed by atoms with Crippen molar-refractivity contribution >= 4 is 11.8 Å². The van der Waals surface area contributed by atoms with Crippen LogP contribution in [0.5, 0.6) is 0 Å². The topological polar surface area (TPSA) is 71.2 Å². The van der Waals surface area contributed by atoms with Crippen LogP contribution >= 0.6 is 0 Å². The molecular weight excluding hydrogens is 448 g/mol. The van der Waals surface area contributed by atoms with Gasteiger partial charge in [-0.2, -0.15) is 0 Å². The van der Waals surface area contributed by atoms with E-state index < -0.39 is 0 Å². The van der Waals surface area contributed by atoms with Gasteiger partial charge in [0, 0.05) is 47.8 Å². The van der Waals surface area contributed by atoms with Crippen molar-refractivity contribution in [1.82, 2.24) is 9.80 Å². The predicted octanol–water partition coefficient (Wildman–Crippen LogP) is 6.31. The summed E-state index contributed by atoms with van der Waals surface area (Å²) in [4.78, 5) is 22.2. The molecule has 6 nitrogen and oxygen atoms in total. The van der Waals surface area contributed by atoms with Gasteiger partial charge in [0.25, 0.3) is 0 Å². The Morgan fingerprint density at radius 1 is 0.722 bits per heavy atom. The quantitative estimate of drug-likeness (QED) is 0.154. The number of hydrogen-bond donors (Lipinski definition) is 1. The number of aliphatic imine (C=N–C) groups is 1. The Kier molecular flexibility index (Phi) is 10.5. The normalized spacial score (nSPS) is 25.1. The molecule has 0 aromatic heterocycles. The lowest BCUT2D eigenvalue weighted by Crippen LogP contribution is -2.60. The van der Waals surface area contributed by atoms with E-state index in [1.54, 1.807) is 0 Å². The highest BCUT2D eigenvalue weighted by atomic mass is 16.5. The second-order valence-electron chi connectivity index (χ2n) is 14.2. The molecule has 0 aliphatic carbocycles. The van der Waals surface area contributed by atoms with E-state index in [0.29, 0.717) is 12.5 Å². The molecule has 2 heterocycles. The average Bonchev–Trinajstić information content (AvgIpc) is 2.71. The smallest absolute Gasteiger partial charge is 0.306 e. The Morgan fingerprint density at radius 3 is 1.58 bits per heavy atom. The Bertz CT molecular complexity index is 720. The second kappa shape index (κ2) is 12.1. The second-order valence-corrected chi connectivity index (χ2v) is 14.2. The van der Waals surface area contributed by atoms with Gasteiger partial charge in [0.1, 0.15) is 6.10 Å². The van der Waals surface area contributed by atoms with E-state index in [-0.39, 0.29) is 34.2 Å². The molecular formula is C30H58N4O2. The van der Waals surface area contributed by atoms with Crippen LogP contribution in [0.25, 0.3) is 0 Å². The van der Waals surface area contributed by atoms with Crippen molar-refractivity contribution < 1.29 is 9.53 Å². The standard InChI is InChI=1S/C30H58N4O2/c1-27(2)19-23(20-28(3,4)33(27)9)32-25(31)17-15-13-11-12-14-16-18-26(35)36-24-21-29(5,6)34(10)30(7,8)22-24/h23-24H,11-22H2,1-10H3,(H2,31,32). The maximum atomic E-state index is 12.4. The van der Waals surface area contributed by atoms with Crippen molar-refractivity contribution in [1.29, 1.82) is 0 Å². The van der Waals surface area contributed by atoms with E-state index in [1.807, 2.05) is 0 Å². The average molecular weight is 507 g/mol. The molecule has 2 fully saturated rings. The van der Waals surface area contributed by atoms with Crippen molar-refractivity contribution in [3.05, 3.63) is 0 Å². The summed E-state index contributed by atoms with van der Waals surface area (Å²) in [7, 11) is 4.40. The SMILES string of the molecule is CN1C(C)(C)CC(N=C(N)CCCCCCCCC(=O)OC2CC(C)(C)N(C)C(C)(C)C2)CC1(C)C. The van der Waals surface area contributed by atoms with Crippen LogP contribution in [0.1, 0.15) is 132 Å². The predicted molar refractivity (Wildman–Crippen MR) is 153 cm³/mol. The minimum atomic E-state index is -0.0274. The minimum Gasteiger partial charge on any atom is -0.462 e. The lowest BCUT2D eigenvalue weighted by Gasteiger charge is -2.53. The van der Waals surface area contributed by atoms with Crippen LogP contribution in [0, 0.1) is 0 Å². The minimum absolute atomic E-state index is 0.0255. The Hall–Kier alpha value is -1.14. The van der Waals surface area contributed by atoms with Gasteiger partial charge >= 0.3 is 5.97 Å². The van der Waals surface area contributed by atoms with E-state index in [4.69, 9.17) is 15.5 Å². The number of rotatable bonds is 11. The molecule has 36 heavy (non-hydrogen) atoms. The number of piperidine rings is 2. The van der Waals surface area contributed by atoms with Gasteiger partial charge in [0.05, 0.1) is 11.9 Å². The van der Waals surface area contributed by atoms with Crippen LogP contribution in [0.4, 0.5) is 0 Å². The molecule has 0 unspecified atom stereocenters. The molecule has 0 atom stereocenters. The number of amidine groups is 1. The first-order chi connectivity index (χ1) is 16.5. The zero-order valence-corrected chi connectivity index (χ0v) is 25.4. The molecule has 0 aromatic rings. The van der Waals surface area contributed by atoms with Crippen LogP contribution in [0.2, 0.25) is 0 Å². The van der Waals surface area contributed by atoms with Crippen LogP contribution in [0.3, 0.4) is 0 Å². The molecule has 2 aliphatic heterocycles. The highest BCUT2D eigenvalue weighted by Gasteiger charge is 2.44. The number of likely N-dealkylation sites (tertiary alicyclic amines) is 2. The molecule has 0 spiro atoms. The van der Waals surface area contributed by atoms with E-state index in [0.717, 1.165) is 63.6 Å². The number of esters is 1. The third-order valence-corrected chi connectivity index (χ3v) is 9.27. The molecule has 0 amide bonds. The summed E-state index contributed by atoms with van der Waals surface area (Å²) in [6.45, 7) is 18.2. The van der Waals surface area contributed by atoms with Gasteiger partial charge in [0.2, 0.25) is 0 Å². The summed E-state index contributed by atoms with van der Waals surface area (Å²) >= 11 is 0. The van der Waals surface area contributed by atoms with Crippen LogP contribution in [-0.2, 0) is 9.53 Å². The summed E-state index contributed by atoms with van der Waals surface area (Å²) in [6.07, 6.45) is 12.0. The highest BCUT2D eigenvalue weighted by Crippen LogP contribution is 2.39. The lowest BCUT2D eigenvalue weighted by atomic mass is 9.78. The maximum absolute atomic E-state index is 12.4. The van der Waals surface area contributed by atoms with E-state index in [2.05, 4.69) is 79.3 Å². The third kappa shape index (κ3) is 8.72. The highest BCUT2D eigenvalue weighted by molar-refractivity contribution is 5.80. The molecule has 2 saturated heterocycles. The van der Waals surface area contributed by atoms with Crippen molar-refractivity contribution in [2.24, 2.45) is 10.7 Å². The van der Waals surface area contributed by atoms with Crippen LogP contribution < -0.4 is 5.73 Å². The molecule has 6 heteroatoms. The zero-order chi connectivity index (χ0) is 27.4. The monoisotopic (exact) mass is 506 g/mol. The number of nitrogens with two attached hydrogens (primary N) is 1. The van der Waals surface area contributed by atoms with Gasteiger partial charge in [-0.1, -0.05) is 25.7 Å². The summed E-state index contributed by atoms with van der Waals surface area (Å²) in [5.74, 6) is 0.791. The molecule has 2 aliphatic rings. The van der Waals surface area contributed by atoms with E-state index >= 15 is 0 Å². The number of hydrogen-bond acceptors (Lipinski definition) is 5. The van der Waals surface area contributed by atoms with Gasteiger partial charge in [-0.25, -0.2) is 0 Å². The lowest BCUT2D eigenvalue weighted by molar-refractivity contribution is -0.159. The number of carbonyl (C=O) groups excluding carboxylic acids is 1. The molecule has 2 rings (SSSR count). The molecule has 2 N–H and O–H groups in total. The maximum Gasteiger partial charge on any atom is 0.306 e. The molecule has 0 saturated carbocycles. The molecule has 0 aromatic carbocycles. The number of nitrogens with zero attached hydrogens (tertiary/aromatic N) is 3. The van der Waals surface area contributed by atoms with E-state index in [1.165, 1.54) is 12.8 Å². The van der Waals surface area contributed by atoms with E-state index in [9.17, 15) is 4.79 Å². The van der Waals surface area contributed by atoms with Crippen molar-refractivity contribution in [2.75, 3.05) is 14.1 Å². The zero-order valence-electron chi connectivity index (χ0n) is 25.4. The summed E-state index contributed by atoms with van der Waals surface area (Å²) in [5.41, 5.74) is 6.68. The van der Waals surface area contributed by atoms with Gasteiger partial charge in [0.15, 0.2) is 0 Å². The van der Waals surface area contributed by atoms with Gasteiger partial charge in [-0.05, 0) is 95.2 Å². The fourth-order valence-electron chi connectivity index (χ4n) is 6.60. The van der Waals surface area contributed by atoms with Crippen LogP contribution in [-0.4, -0.2) is 70.0 Å². The molecule has 0 radical (unpaired) electrons. The molecule has 0 bridgehead atoms. The van der Waals surface area contributed by atoms with Gasteiger partial charge in [-0.3, -0.25) is 19.6 Å². The van der Waals surface area contributed by atoms with Gasteiger partial charge < -0.3 is 10.5 Å². The summed E-state index contributed by atoms with van der Waals surface area (Å²) < 4.78 is 5.88. The van der Waals surface area contributed by atoms with Crippen molar-refractivity contribution in [3.8, 4) is 0 Å². The third-order valence-electron chi connectivity index (χ3n) is 9.27. The number of ether oxygens (including phenoxy) is 1. The largest absolute Gasteiger partial charge is 0.462 e. The fraction of sp³-hybridized carbons (Fsp3) is 0.933. The van der Waals surface area contributed by atoms with Gasteiger partial charge in [-0.15, -0.1) is 0 Å². The van der Waals surface area contributed by atoms with Crippen molar-refractivity contribution in [3.63, 3.8) is 0 Å². The van der Waals surface area contributed by atoms with Crippen molar-refractivity contribution in [2.45, 2.75) is 167 Å².